The summed E-state index contributed by atoms with van der Waals surface area (Å²) >= 11 is 0. The molecule has 0 amide bonds. The summed E-state index contributed by atoms with van der Waals surface area (Å²) in [6, 6.07) is 0. The quantitative estimate of drug-likeness (QED) is 0.0261. The topological polar surface area (TPSA) is 78.9 Å². The molecule has 0 aromatic carbocycles. The molecule has 6 heteroatoms. The molecule has 0 spiro atoms. The van der Waals surface area contributed by atoms with Crippen LogP contribution in [-0.2, 0) is 28.6 Å². The van der Waals surface area contributed by atoms with Crippen LogP contribution in [0.2, 0.25) is 0 Å². The first kappa shape index (κ1) is 75.6. The standard InChI is InChI=1S/C73H128O6/c1-4-7-10-13-16-19-22-25-27-28-29-30-31-32-33-34-35-36-37-38-39-40-41-42-43-44-46-48-51-54-57-60-63-66-72(75)78-69-70(68-77-71(74)65-62-59-56-53-50-47-24-21-18-15-12-9-6-3)79-73(76)67-64-61-58-55-52-49-45-26-23-20-17-14-11-8-5-2/h9,12,17-18,20-21,26,28-29,45,47,50,56,59,70H,4-8,10-11,13-16,19,22-25,27,30-44,46,48-49,51-55,57-58,60-69H2,1-3H3/b12-9-,20-17-,21-18-,29-28-,45-26-,50-47-,59-56-. The van der Waals surface area contributed by atoms with Crippen molar-refractivity contribution in [2.24, 2.45) is 0 Å². The summed E-state index contributed by atoms with van der Waals surface area (Å²) < 4.78 is 16.8. The highest BCUT2D eigenvalue weighted by atomic mass is 16.6. The van der Waals surface area contributed by atoms with Gasteiger partial charge in [-0.05, 0) is 103 Å². The van der Waals surface area contributed by atoms with E-state index in [-0.39, 0.29) is 37.5 Å². The van der Waals surface area contributed by atoms with Crippen LogP contribution < -0.4 is 0 Å². The molecule has 0 saturated heterocycles. The van der Waals surface area contributed by atoms with Gasteiger partial charge in [0.25, 0.3) is 0 Å². The number of ether oxygens (including phenoxy) is 3. The van der Waals surface area contributed by atoms with Crippen LogP contribution in [0, 0.1) is 0 Å². The Hall–Kier alpha value is -3.41. The highest BCUT2D eigenvalue weighted by Crippen LogP contribution is 2.17. The van der Waals surface area contributed by atoms with E-state index < -0.39 is 6.10 Å². The zero-order valence-electron chi connectivity index (χ0n) is 52.4. The van der Waals surface area contributed by atoms with Gasteiger partial charge in [0.1, 0.15) is 13.2 Å². The molecule has 0 fully saturated rings. The van der Waals surface area contributed by atoms with E-state index in [1.807, 2.05) is 6.08 Å². The van der Waals surface area contributed by atoms with Gasteiger partial charge in [-0.3, -0.25) is 14.4 Å². The van der Waals surface area contributed by atoms with Gasteiger partial charge in [-0.2, -0.15) is 0 Å². The third-order valence-corrected chi connectivity index (χ3v) is 14.9. The lowest BCUT2D eigenvalue weighted by Gasteiger charge is -2.18. The summed E-state index contributed by atoms with van der Waals surface area (Å²) in [5, 5.41) is 0. The van der Waals surface area contributed by atoms with E-state index in [1.54, 1.807) is 0 Å². The highest BCUT2D eigenvalue weighted by molar-refractivity contribution is 5.71. The zero-order valence-corrected chi connectivity index (χ0v) is 52.4. The number of allylic oxidation sites excluding steroid dienone is 14. The maximum atomic E-state index is 12.9. The highest BCUT2D eigenvalue weighted by Gasteiger charge is 2.19. The minimum atomic E-state index is -0.812. The predicted octanol–water partition coefficient (Wildman–Crippen LogP) is 23.4. The number of rotatable bonds is 62. The van der Waals surface area contributed by atoms with E-state index in [0.29, 0.717) is 19.3 Å². The largest absolute Gasteiger partial charge is 0.462 e. The Morgan fingerprint density at radius 2 is 0.519 bits per heavy atom. The average Bonchev–Trinajstić information content (AvgIpc) is 3.45. The molecule has 0 radical (unpaired) electrons. The second-order valence-corrected chi connectivity index (χ2v) is 22.7. The van der Waals surface area contributed by atoms with E-state index in [4.69, 9.17) is 14.2 Å². The Bertz CT molecular complexity index is 1500. The number of hydrogen-bond acceptors (Lipinski definition) is 6. The van der Waals surface area contributed by atoms with Crippen LogP contribution in [-0.4, -0.2) is 37.2 Å². The summed E-state index contributed by atoms with van der Waals surface area (Å²) in [5.74, 6) is -0.989. The molecule has 1 atom stereocenters. The van der Waals surface area contributed by atoms with Crippen LogP contribution in [0.1, 0.15) is 342 Å². The molecular formula is C73H128O6. The first-order chi connectivity index (χ1) is 39.0. The second kappa shape index (κ2) is 67.1. The summed E-state index contributed by atoms with van der Waals surface area (Å²) in [7, 11) is 0. The van der Waals surface area contributed by atoms with Crippen molar-refractivity contribution in [1.29, 1.82) is 0 Å². The van der Waals surface area contributed by atoms with Crippen LogP contribution in [0.15, 0.2) is 85.1 Å². The lowest BCUT2D eigenvalue weighted by Crippen LogP contribution is -2.30. The van der Waals surface area contributed by atoms with Gasteiger partial charge in [-0.25, -0.2) is 0 Å². The molecule has 6 nitrogen and oxygen atoms in total. The minimum Gasteiger partial charge on any atom is -0.462 e. The SMILES string of the molecule is CC/C=C\C/C=C\C/C=C\C/C=C\CCC(=O)OCC(COC(=O)CCCCCCCCCCCCCCCCCCCCCCC/C=C\CCCCCCCCCC)OC(=O)CCCCCCC/C=C\C/C=C\CCCCC. The maximum absolute atomic E-state index is 12.9. The monoisotopic (exact) mass is 1100 g/mol. The van der Waals surface area contributed by atoms with Crippen molar-refractivity contribution >= 4 is 17.9 Å². The first-order valence-electron chi connectivity index (χ1n) is 34.1. The Balaban J connectivity index is 4.15. The van der Waals surface area contributed by atoms with Gasteiger partial charge in [0, 0.05) is 19.3 Å². The molecule has 0 aliphatic rings. The van der Waals surface area contributed by atoms with Crippen molar-refractivity contribution in [3.63, 3.8) is 0 Å². The molecular weight excluding hydrogens is 973 g/mol. The van der Waals surface area contributed by atoms with E-state index in [0.717, 1.165) is 89.9 Å². The van der Waals surface area contributed by atoms with Crippen molar-refractivity contribution in [1.82, 2.24) is 0 Å². The molecule has 0 rings (SSSR count). The van der Waals surface area contributed by atoms with Crippen molar-refractivity contribution < 1.29 is 28.6 Å². The van der Waals surface area contributed by atoms with Crippen LogP contribution >= 0.6 is 0 Å². The molecule has 0 bridgehead atoms. The van der Waals surface area contributed by atoms with E-state index in [1.165, 1.54) is 205 Å². The first-order valence-corrected chi connectivity index (χ1v) is 34.1. The number of esters is 3. The van der Waals surface area contributed by atoms with Crippen LogP contribution in [0.3, 0.4) is 0 Å². The average molecular weight is 1100 g/mol. The summed E-state index contributed by atoms with van der Waals surface area (Å²) in [5.41, 5.74) is 0. The molecule has 0 aromatic heterocycles. The molecule has 456 valence electrons. The van der Waals surface area contributed by atoms with E-state index >= 15 is 0 Å². The van der Waals surface area contributed by atoms with Crippen molar-refractivity contribution in [3.8, 4) is 0 Å². The van der Waals surface area contributed by atoms with E-state index in [9.17, 15) is 14.4 Å². The normalized spacial score (nSPS) is 12.6. The predicted molar refractivity (Wildman–Crippen MR) is 344 cm³/mol. The molecule has 0 aliphatic heterocycles. The third kappa shape index (κ3) is 65.3. The molecule has 0 saturated carbocycles. The molecule has 0 heterocycles. The fourth-order valence-corrected chi connectivity index (χ4v) is 9.78. The fraction of sp³-hybridized carbons (Fsp3) is 0.767. The Kier molecular flexibility index (Phi) is 64.2. The van der Waals surface area contributed by atoms with Crippen LogP contribution in [0.4, 0.5) is 0 Å². The number of carbonyl (C=O) groups is 3. The third-order valence-electron chi connectivity index (χ3n) is 14.9. The summed E-state index contributed by atoms with van der Waals surface area (Å²) in [6.07, 6.45) is 89.3. The molecule has 0 N–H and O–H groups in total. The van der Waals surface area contributed by atoms with Crippen LogP contribution in [0.5, 0.6) is 0 Å². The molecule has 0 aliphatic carbocycles. The van der Waals surface area contributed by atoms with Gasteiger partial charge >= 0.3 is 17.9 Å². The minimum absolute atomic E-state index is 0.102. The number of carbonyl (C=O) groups excluding carboxylic acids is 3. The summed E-state index contributed by atoms with van der Waals surface area (Å²) in [4.78, 5) is 38.2. The Morgan fingerprint density at radius 3 is 0.886 bits per heavy atom. The van der Waals surface area contributed by atoms with Crippen molar-refractivity contribution in [3.05, 3.63) is 85.1 Å². The Labute approximate surface area is 490 Å². The maximum Gasteiger partial charge on any atom is 0.306 e. The van der Waals surface area contributed by atoms with Crippen molar-refractivity contribution in [2.45, 2.75) is 348 Å². The van der Waals surface area contributed by atoms with E-state index in [2.05, 4.69) is 99.8 Å². The smallest absolute Gasteiger partial charge is 0.306 e. The molecule has 79 heavy (non-hydrogen) atoms. The van der Waals surface area contributed by atoms with Gasteiger partial charge in [0.2, 0.25) is 0 Å². The van der Waals surface area contributed by atoms with Gasteiger partial charge < -0.3 is 14.2 Å². The molecule has 0 aromatic rings. The van der Waals surface area contributed by atoms with Gasteiger partial charge in [-0.15, -0.1) is 0 Å². The zero-order chi connectivity index (χ0) is 57.1. The van der Waals surface area contributed by atoms with Gasteiger partial charge in [0.05, 0.1) is 0 Å². The summed E-state index contributed by atoms with van der Waals surface area (Å²) in [6.45, 7) is 6.45. The van der Waals surface area contributed by atoms with Gasteiger partial charge in [-0.1, -0.05) is 305 Å². The van der Waals surface area contributed by atoms with Crippen LogP contribution in [0.25, 0.3) is 0 Å². The fourth-order valence-electron chi connectivity index (χ4n) is 9.78. The lowest BCUT2D eigenvalue weighted by molar-refractivity contribution is -0.166. The van der Waals surface area contributed by atoms with Gasteiger partial charge in [0.15, 0.2) is 6.10 Å². The van der Waals surface area contributed by atoms with Crippen molar-refractivity contribution in [2.75, 3.05) is 13.2 Å². The lowest BCUT2D eigenvalue weighted by atomic mass is 10.0. The Morgan fingerprint density at radius 1 is 0.266 bits per heavy atom. The number of unbranched alkanes of at least 4 members (excludes halogenated alkanes) is 37. The number of hydrogen-bond donors (Lipinski definition) is 0. The molecule has 1 unspecified atom stereocenters. The second-order valence-electron chi connectivity index (χ2n) is 22.7.